The Morgan fingerprint density at radius 1 is 0.615 bits per heavy atom. The summed E-state index contributed by atoms with van der Waals surface area (Å²) < 4.78 is 0. The van der Waals surface area contributed by atoms with Gasteiger partial charge in [0.2, 0.25) is 0 Å². The van der Waals surface area contributed by atoms with Gasteiger partial charge in [-0.3, -0.25) is 0 Å². The molecule has 4 aromatic rings. The number of hydrogen-bond acceptors (Lipinski definition) is 1. The third-order valence-electron chi connectivity index (χ3n) is 5.20. The molecule has 0 aliphatic heterocycles. The molecule has 0 spiro atoms. The van der Waals surface area contributed by atoms with Gasteiger partial charge in [0, 0.05) is 0 Å². The summed E-state index contributed by atoms with van der Waals surface area (Å²) in [5.74, 6) is 0. The van der Waals surface area contributed by atoms with E-state index in [1.54, 1.807) is 0 Å². The van der Waals surface area contributed by atoms with Gasteiger partial charge in [-0.25, -0.2) is 0 Å². The Hall–Kier alpha value is -3.16. The molecule has 5 rings (SSSR count). The molecule has 1 atom stereocenters. The SMILES string of the molecule is OC1C(c2ccccc2)=Cc2ccc(-c3ccccc3)c3cccc1c23. The van der Waals surface area contributed by atoms with E-state index in [9.17, 15) is 5.11 Å². The highest BCUT2D eigenvalue weighted by molar-refractivity contribution is 6.08. The Bertz CT molecular complexity index is 1120. The zero-order valence-corrected chi connectivity index (χ0v) is 14.3. The van der Waals surface area contributed by atoms with E-state index in [4.69, 9.17) is 0 Å². The first-order valence-corrected chi connectivity index (χ1v) is 8.89. The van der Waals surface area contributed by atoms with Crippen LogP contribution in [0.25, 0.3) is 33.5 Å². The first-order valence-electron chi connectivity index (χ1n) is 8.89. The maximum atomic E-state index is 11.1. The van der Waals surface area contributed by atoms with Crippen LogP contribution in [0.1, 0.15) is 22.8 Å². The molecule has 0 saturated heterocycles. The van der Waals surface area contributed by atoms with E-state index in [0.29, 0.717) is 0 Å². The molecule has 1 N–H and O–H groups in total. The molecule has 0 bridgehead atoms. The van der Waals surface area contributed by atoms with Crippen molar-refractivity contribution in [2.24, 2.45) is 0 Å². The Morgan fingerprint density at radius 3 is 2.04 bits per heavy atom. The minimum atomic E-state index is -0.611. The molecule has 0 aromatic heterocycles. The lowest BCUT2D eigenvalue weighted by Crippen LogP contribution is -2.07. The van der Waals surface area contributed by atoms with Gasteiger partial charge in [-0.05, 0) is 50.2 Å². The van der Waals surface area contributed by atoms with Crippen molar-refractivity contribution in [3.8, 4) is 11.1 Å². The average Bonchev–Trinajstić information content (AvgIpc) is 2.72. The molecular formula is C25H18O. The van der Waals surface area contributed by atoms with E-state index in [1.165, 1.54) is 22.1 Å². The third kappa shape index (κ3) is 2.29. The topological polar surface area (TPSA) is 20.2 Å². The predicted octanol–water partition coefficient (Wildman–Crippen LogP) is 6.09. The molecule has 0 saturated carbocycles. The summed E-state index contributed by atoms with van der Waals surface area (Å²) in [6, 6.07) is 31.2. The van der Waals surface area contributed by atoms with Crippen molar-refractivity contribution in [2.45, 2.75) is 6.10 Å². The maximum absolute atomic E-state index is 11.1. The lowest BCUT2D eigenvalue weighted by atomic mass is 9.82. The lowest BCUT2D eigenvalue weighted by molar-refractivity contribution is 0.240. The normalized spacial score (nSPS) is 15.7. The van der Waals surface area contributed by atoms with Crippen LogP contribution < -0.4 is 0 Å². The van der Waals surface area contributed by atoms with Gasteiger partial charge in [-0.2, -0.15) is 0 Å². The molecule has 0 heterocycles. The number of rotatable bonds is 2. The van der Waals surface area contributed by atoms with E-state index in [2.05, 4.69) is 60.7 Å². The number of aliphatic hydroxyl groups excluding tert-OH is 1. The summed E-state index contributed by atoms with van der Waals surface area (Å²) >= 11 is 0. The van der Waals surface area contributed by atoms with Crippen LogP contribution in [0, 0.1) is 0 Å². The van der Waals surface area contributed by atoms with Crippen LogP contribution in [-0.2, 0) is 0 Å². The Labute approximate surface area is 152 Å². The second-order valence-electron chi connectivity index (χ2n) is 6.71. The zero-order chi connectivity index (χ0) is 17.5. The van der Waals surface area contributed by atoms with E-state index in [1.807, 2.05) is 36.4 Å². The van der Waals surface area contributed by atoms with Gasteiger partial charge in [0.05, 0.1) is 0 Å². The summed E-state index contributed by atoms with van der Waals surface area (Å²) in [4.78, 5) is 0. The lowest BCUT2D eigenvalue weighted by Gasteiger charge is -2.25. The first-order chi connectivity index (χ1) is 12.8. The Morgan fingerprint density at radius 2 is 1.31 bits per heavy atom. The van der Waals surface area contributed by atoms with E-state index >= 15 is 0 Å². The molecular weight excluding hydrogens is 316 g/mol. The molecule has 124 valence electrons. The number of benzene rings is 4. The van der Waals surface area contributed by atoms with Crippen LogP contribution in [0.5, 0.6) is 0 Å². The van der Waals surface area contributed by atoms with Gasteiger partial charge >= 0.3 is 0 Å². The number of hydrogen-bond donors (Lipinski definition) is 1. The molecule has 1 unspecified atom stereocenters. The van der Waals surface area contributed by atoms with Crippen molar-refractivity contribution >= 4 is 22.4 Å². The van der Waals surface area contributed by atoms with Crippen LogP contribution in [0.15, 0.2) is 91.0 Å². The van der Waals surface area contributed by atoms with Crippen LogP contribution in [0.3, 0.4) is 0 Å². The highest BCUT2D eigenvalue weighted by Gasteiger charge is 2.24. The summed E-state index contributed by atoms with van der Waals surface area (Å²) in [6.45, 7) is 0. The van der Waals surface area contributed by atoms with Gasteiger partial charge in [0.1, 0.15) is 6.10 Å². The van der Waals surface area contributed by atoms with Gasteiger partial charge in [0.25, 0.3) is 0 Å². The van der Waals surface area contributed by atoms with E-state index < -0.39 is 6.10 Å². The average molecular weight is 334 g/mol. The van der Waals surface area contributed by atoms with Crippen LogP contribution in [0.2, 0.25) is 0 Å². The zero-order valence-electron chi connectivity index (χ0n) is 14.3. The standard InChI is InChI=1S/C25H18O/c26-25-22-13-7-12-21-20(17-8-3-1-4-9-17)15-14-19(24(21)22)16-23(25)18-10-5-2-6-11-18/h1-16,25-26H. The van der Waals surface area contributed by atoms with E-state index in [0.717, 1.165) is 22.1 Å². The largest absolute Gasteiger partial charge is 0.384 e. The molecule has 26 heavy (non-hydrogen) atoms. The second-order valence-corrected chi connectivity index (χ2v) is 6.71. The van der Waals surface area contributed by atoms with Crippen molar-refractivity contribution in [3.05, 3.63) is 108 Å². The molecule has 4 aromatic carbocycles. The summed E-state index contributed by atoms with van der Waals surface area (Å²) in [5.41, 5.74) is 6.57. The molecule has 0 amide bonds. The van der Waals surface area contributed by atoms with Crippen molar-refractivity contribution in [1.29, 1.82) is 0 Å². The van der Waals surface area contributed by atoms with Crippen molar-refractivity contribution in [1.82, 2.24) is 0 Å². The fourth-order valence-corrected chi connectivity index (χ4v) is 3.97. The summed E-state index contributed by atoms with van der Waals surface area (Å²) in [5, 5.41) is 13.4. The highest BCUT2D eigenvalue weighted by Crippen LogP contribution is 2.43. The van der Waals surface area contributed by atoms with Crippen LogP contribution in [-0.4, -0.2) is 5.11 Å². The smallest absolute Gasteiger partial charge is 0.105 e. The molecule has 0 radical (unpaired) electrons. The summed E-state index contributed by atoms with van der Waals surface area (Å²) in [7, 11) is 0. The predicted molar refractivity (Wildman–Crippen MR) is 109 cm³/mol. The molecule has 1 aliphatic carbocycles. The molecule has 1 aliphatic rings. The van der Waals surface area contributed by atoms with Crippen molar-refractivity contribution in [2.75, 3.05) is 0 Å². The highest BCUT2D eigenvalue weighted by atomic mass is 16.3. The van der Waals surface area contributed by atoms with Gasteiger partial charge in [0.15, 0.2) is 0 Å². The van der Waals surface area contributed by atoms with Gasteiger partial charge in [-0.15, -0.1) is 0 Å². The molecule has 1 heteroatoms. The maximum Gasteiger partial charge on any atom is 0.105 e. The van der Waals surface area contributed by atoms with Crippen LogP contribution in [0.4, 0.5) is 0 Å². The molecule has 0 fully saturated rings. The monoisotopic (exact) mass is 334 g/mol. The fraction of sp³-hybridized carbons (Fsp3) is 0.0400. The summed E-state index contributed by atoms with van der Waals surface area (Å²) in [6.07, 6.45) is 1.52. The van der Waals surface area contributed by atoms with Crippen LogP contribution >= 0.6 is 0 Å². The van der Waals surface area contributed by atoms with Gasteiger partial charge in [-0.1, -0.05) is 91.0 Å². The first kappa shape index (κ1) is 15.1. The van der Waals surface area contributed by atoms with E-state index in [-0.39, 0.29) is 0 Å². The second kappa shape index (κ2) is 5.98. The fourth-order valence-electron chi connectivity index (χ4n) is 3.97. The quantitative estimate of drug-likeness (QED) is 0.470. The van der Waals surface area contributed by atoms with Gasteiger partial charge < -0.3 is 5.11 Å². The minimum Gasteiger partial charge on any atom is -0.384 e. The third-order valence-corrected chi connectivity index (χ3v) is 5.20. The Kier molecular flexibility index (Phi) is 3.48. The number of aliphatic hydroxyl groups is 1. The van der Waals surface area contributed by atoms with Crippen molar-refractivity contribution < 1.29 is 5.11 Å². The minimum absolute atomic E-state index is 0.611. The van der Waals surface area contributed by atoms with Crippen molar-refractivity contribution in [3.63, 3.8) is 0 Å². The Balaban J connectivity index is 1.78. The molecule has 1 nitrogen and oxygen atoms in total.